The molecule has 0 unspecified atom stereocenters. The smallest absolute Gasteiger partial charge is 0.338 e. The summed E-state index contributed by atoms with van der Waals surface area (Å²) in [4.78, 5) is 12.1. The first kappa shape index (κ1) is 14.9. The maximum Gasteiger partial charge on any atom is 0.338 e. The van der Waals surface area contributed by atoms with Crippen molar-refractivity contribution in [3.63, 3.8) is 0 Å². The zero-order chi connectivity index (χ0) is 15.4. The first-order valence-corrected chi connectivity index (χ1v) is 8.15. The molecule has 3 rings (SSSR count). The first-order chi connectivity index (χ1) is 10.8. The van der Waals surface area contributed by atoms with E-state index in [2.05, 4.69) is 0 Å². The molecule has 1 aliphatic carbocycles. The van der Waals surface area contributed by atoms with Gasteiger partial charge in [-0.15, -0.1) is 0 Å². The Kier molecular flexibility index (Phi) is 4.62. The fourth-order valence-corrected chi connectivity index (χ4v) is 3.12. The first-order valence-electron chi connectivity index (χ1n) is 8.15. The summed E-state index contributed by atoms with van der Waals surface area (Å²) >= 11 is 0. The molecule has 1 fully saturated rings. The van der Waals surface area contributed by atoms with Gasteiger partial charge in [-0.05, 0) is 50.1 Å². The lowest BCUT2D eigenvalue weighted by molar-refractivity contribution is 0.0528. The van der Waals surface area contributed by atoms with Crippen LogP contribution in [0, 0.1) is 0 Å². The molecule has 0 radical (unpaired) electrons. The predicted octanol–water partition coefficient (Wildman–Crippen LogP) is 4.73. The van der Waals surface area contributed by atoms with E-state index in [0.717, 1.165) is 29.4 Å². The molecule has 2 aromatic rings. The van der Waals surface area contributed by atoms with Gasteiger partial charge in [0.2, 0.25) is 0 Å². The standard InChI is InChI=1S/C19H22O3/c1-2-21-19(20)17-12-13-18(16-11-7-6-10-15(16)17)22-14-8-4-3-5-9-14/h6-7,10-14H,2-5,8-9H2,1H3. The van der Waals surface area contributed by atoms with Crippen LogP contribution in [0.15, 0.2) is 36.4 Å². The number of ether oxygens (including phenoxy) is 2. The molecule has 0 amide bonds. The lowest BCUT2D eigenvalue weighted by atomic mass is 9.97. The Bertz CT molecular complexity index is 657. The van der Waals surface area contributed by atoms with Crippen LogP contribution in [0.5, 0.6) is 5.75 Å². The van der Waals surface area contributed by atoms with Crippen molar-refractivity contribution in [2.24, 2.45) is 0 Å². The third kappa shape index (κ3) is 3.08. The molecule has 3 heteroatoms. The minimum absolute atomic E-state index is 0.275. The Morgan fingerprint density at radius 2 is 1.77 bits per heavy atom. The Morgan fingerprint density at radius 3 is 2.50 bits per heavy atom. The van der Waals surface area contributed by atoms with E-state index in [1.807, 2.05) is 43.3 Å². The number of esters is 1. The van der Waals surface area contributed by atoms with Crippen molar-refractivity contribution in [3.05, 3.63) is 42.0 Å². The van der Waals surface area contributed by atoms with E-state index in [1.165, 1.54) is 19.3 Å². The summed E-state index contributed by atoms with van der Waals surface area (Å²) in [5.74, 6) is 0.596. The van der Waals surface area contributed by atoms with Gasteiger partial charge in [0.1, 0.15) is 5.75 Å². The minimum Gasteiger partial charge on any atom is -0.490 e. The number of carbonyl (C=O) groups is 1. The van der Waals surface area contributed by atoms with Crippen LogP contribution in [0.25, 0.3) is 10.8 Å². The van der Waals surface area contributed by atoms with Crippen LogP contribution >= 0.6 is 0 Å². The van der Waals surface area contributed by atoms with Gasteiger partial charge in [0, 0.05) is 5.39 Å². The molecule has 1 saturated carbocycles. The van der Waals surface area contributed by atoms with Crippen molar-refractivity contribution in [1.29, 1.82) is 0 Å². The van der Waals surface area contributed by atoms with E-state index in [1.54, 1.807) is 0 Å². The van der Waals surface area contributed by atoms with Crippen LogP contribution in [0.4, 0.5) is 0 Å². The zero-order valence-corrected chi connectivity index (χ0v) is 13.0. The van der Waals surface area contributed by atoms with Crippen LogP contribution in [0.1, 0.15) is 49.4 Å². The minimum atomic E-state index is -0.275. The second kappa shape index (κ2) is 6.82. The highest BCUT2D eigenvalue weighted by atomic mass is 16.5. The maximum atomic E-state index is 12.1. The maximum absolute atomic E-state index is 12.1. The van der Waals surface area contributed by atoms with Gasteiger partial charge in [-0.25, -0.2) is 4.79 Å². The van der Waals surface area contributed by atoms with Gasteiger partial charge < -0.3 is 9.47 Å². The monoisotopic (exact) mass is 298 g/mol. The summed E-state index contributed by atoms with van der Waals surface area (Å²) in [6, 6.07) is 11.6. The highest BCUT2D eigenvalue weighted by Crippen LogP contribution is 2.32. The molecule has 0 saturated heterocycles. The van der Waals surface area contributed by atoms with E-state index >= 15 is 0 Å². The van der Waals surface area contributed by atoms with E-state index < -0.39 is 0 Å². The fourth-order valence-electron chi connectivity index (χ4n) is 3.12. The number of rotatable bonds is 4. The van der Waals surface area contributed by atoms with Gasteiger partial charge in [-0.2, -0.15) is 0 Å². The van der Waals surface area contributed by atoms with Gasteiger partial charge in [-0.1, -0.05) is 30.7 Å². The van der Waals surface area contributed by atoms with Gasteiger partial charge >= 0.3 is 5.97 Å². The summed E-state index contributed by atoms with van der Waals surface area (Å²) in [5.41, 5.74) is 0.605. The van der Waals surface area contributed by atoms with E-state index in [-0.39, 0.29) is 5.97 Å². The predicted molar refractivity (Wildman–Crippen MR) is 87.4 cm³/mol. The molecular weight excluding hydrogens is 276 g/mol. The second-order valence-electron chi connectivity index (χ2n) is 5.76. The summed E-state index contributed by atoms with van der Waals surface area (Å²) in [7, 11) is 0. The van der Waals surface area contributed by atoms with Crippen molar-refractivity contribution < 1.29 is 14.3 Å². The quantitative estimate of drug-likeness (QED) is 0.766. The topological polar surface area (TPSA) is 35.5 Å². The molecule has 0 aliphatic heterocycles. The molecule has 2 aromatic carbocycles. The summed E-state index contributed by atoms with van der Waals surface area (Å²) in [6.07, 6.45) is 6.32. The average Bonchev–Trinajstić information content (AvgIpc) is 2.56. The Balaban J connectivity index is 1.95. The molecule has 3 nitrogen and oxygen atoms in total. The summed E-state index contributed by atoms with van der Waals surface area (Å²) < 4.78 is 11.4. The van der Waals surface area contributed by atoms with Gasteiger partial charge in [0.25, 0.3) is 0 Å². The number of hydrogen-bond acceptors (Lipinski definition) is 3. The molecule has 0 bridgehead atoms. The van der Waals surface area contributed by atoms with Crippen LogP contribution in [-0.2, 0) is 4.74 Å². The molecule has 0 heterocycles. The van der Waals surface area contributed by atoms with Crippen molar-refractivity contribution >= 4 is 16.7 Å². The van der Waals surface area contributed by atoms with Crippen molar-refractivity contribution in [1.82, 2.24) is 0 Å². The molecular formula is C19H22O3. The van der Waals surface area contributed by atoms with Crippen LogP contribution in [0.2, 0.25) is 0 Å². The molecule has 0 atom stereocenters. The second-order valence-corrected chi connectivity index (χ2v) is 5.76. The van der Waals surface area contributed by atoms with Crippen molar-refractivity contribution in [2.75, 3.05) is 6.61 Å². The van der Waals surface area contributed by atoms with E-state index in [4.69, 9.17) is 9.47 Å². The molecule has 1 aliphatic rings. The third-order valence-electron chi connectivity index (χ3n) is 4.23. The van der Waals surface area contributed by atoms with Crippen LogP contribution in [-0.4, -0.2) is 18.7 Å². The van der Waals surface area contributed by atoms with Crippen molar-refractivity contribution in [3.8, 4) is 5.75 Å². The molecule has 116 valence electrons. The molecule has 0 N–H and O–H groups in total. The SMILES string of the molecule is CCOC(=O)c1ccc(OC2CCCCC2)c2ccccc12. The van der Waals surface area contributed by atoms with Gasteiger partial charge in [0.15, 0.2) is 0 Å². The lowest BCUT2D eigenvalue weighted by Gasteiger charge is -2.24. The summed E-state index contributed by atoms with van der Waals surface area (Å²) in [5, 5.41) is 1.88. The summed E-state index contributed by atoms with van der Waals surface area (Å²) in [6.45, 7) is 2.20. The largest absolute Gasteiger partial charge is 0.490 e. The normalized spacial score (nSPS) is 15.7. The molecule has 0 spiro atoms. The van der Waals surface area contributed by atoms with Gasteiger partial charge in [0.05, 0.1) is 18.3 Å². The molecule has 0 aromatic heterocycles. The van der Waals surface area contributed by atoms with Crippen LogP contribution < -0.4 is 4.74 Å². The fraction of sp³-hybridized carbons (Fsp3) is 0.421. The number of fused-ring (bicyclic) bond motifs is 1. The lowest BCUT2D eigenvalue weighted by Crippen LogP contribution is -2.19. The highest BCUT2D eigenvalue weighted by Gasteiger charge is 2.18. The van der Waals surface area contributed by atoms with Crippen LogP contribution in [0.3, 0.4) is 0 Å². The Morgan fingerprint density at radius 1 is 1.05 bits per heavy atom. The van der Waals surface area contributed by atoms with Crippen molar-refractivity contribution in [2.45, 2.75) is 45.1 Å². The molecule has 22 heavy (non-hydrogen) atoms. The third-order valence-corrected chi connectivity index (χ3v) is 4.23. The number of hydrogen-bond donors (Lipinski definition) is 0. The Hall–Kier alpha value is -2.03. The number of benzene rings is 2. The zero-order valence-electron chi connectivity index (χ0n) is 13.0. The Labute approximate surface area is 131 Å². The highest BCUT2D eigenvalue weighted by molar-refractivity contribution is 6.06. The van der Waals surface area contributed by atoms with E-state index in [0.29, 0.717) is 18.3 Å². The van der Waals surface area contributed by atoms with E-state index in [9.17, 15) is 4.79 Å². The average molecular weight is 298 g/mol. The number of carbonyl (C=O) groups excluding carboxylic acids is 1. The van der Waals surface area contributed by atoms with Gasteiger partial charge in [-0.3, -0.25) is 0 Å².